The number of aliphatic carboxylic acids is 1. The molecule has 0 atom stereocenters. The standard InChI is InChI=1S/C33H43N3O5S/c1-23-10-16-27(17-11-23)30-29(26-8-6-5-7-9-26)31(42-19-18-34-32(39)41-33(2,3)4)36(35-30)20-24-12-14-25(15-13-24)21-40-22-28(37)38/h5-11,16-17,24-25H,12-15,18-22H2,1-4H3,(H,34,39)(H,37,38)/t24-,25-. The fourth-order valence-corrected chi connectivity index (χ4v) is 6.27. The molecule has 1 aliphatic rings. The van der Waals surface area contributed by atoms with Gasteiger partial charge in [-0.15, -0.1) is 11.8 Å². The number of nitrogens with zero attached hydrogens (tertiary/aromatic N) is 2. The van der Waals surface area contributed by atoms with Crippen molar-refractivity contribution in [3.05, 3.63) is 60.2 Å². The van der Waals surface area contributed by atoms with Gasteiger partial charge in [0.25, 0.3) is 0 Å². The van der Waals surface area contributed by atoms with Crippen LogP contribution in [0.2, 0.25) is 0 Å². The van der Waals surface area contributed by atoms with Crippen LogP contribution in [0.1, 0.15) is 52.0 Å². The molecule has 0 radical (unpaired) electrons. The Morgan fingerprint density at radius 3 is 2.31 bits per heavy atom. The zero-order valence-electron chi connectivity index (χ0n) is 25.1. The van der Waals surface area contributed by atoms with Crippen LogP contribution in [0.15, 0.2) is 59.6 Å². The largest absolute Gasteiger partial charge is 0.480 e. The molecular formula is C33H43N3O5S. The topological polar surface area (TPSA) is 103 Å². The number of carboxylic acids is 1. The highest BCUT2D eigenvalue weighted by atomic mass is 32.2. The highest BCUT2D eigenvalue weighted by Gasteiger charge is 2.26. The predicted molar refractivity (Wildman–Crippen MR) is 167 cm³/mol. The second-order valence-electron chi connectivity index (χ2n) is 12.0. The molecule has 2 N–H and O–H groups in total. The van der Waals surface area contributed by atoms with Gasteiger partial charge in [0.2, 0.25) is 0 Å². The van der Waals surface area contributed by atoms with E-state index >= 15 is 0 Å². The van der Waals surface area contributed by atoms with Crippen molar-refractivity contribution in [2.75, 3.05) is 25.5 Å². The van der Waals surface area contributed by atoms with E-state index in [2.05, 4.69) is 65.5 Å². The molecule has 1 aromatic heterocycles. The highest BCUT2D eigenvalue weighted by Crippen LogP contribution is 2.41. The van der Waals surface area contributed by atoms with Crippen LogP contribution in [-0.2, 0) is 20.8 Å². The minimum Gasteiger partial charge on any atom is -0.480 e. The number of carboxylic acid groups (broad SMARTS) is 1. The zero-order valence-corrected chi connectivity index (χ0v) is 25.9. The number of hydrogen-bond donors (Lipinski definition) is 2. The third-order valence-electron chi connectivity index (χ3n) is 7.28. The summed E-state index contributed by atoms with van der Waals surface area (Å²) >= 11 is 1.70. The van der Waals surface area contributed by atoms with Crippen molar-refractivity contribution in [2.24, 2.45) is 11.8 Å². The van der Waals surface area contributed by atoms with Gasteiger partial charge in [-0.25, -0.2) is 9.59 Å². The molecule has 1 amide bonds. The first-order valence-electron chi connectivity index (χ1n) is 14.7. The quantitative estimate of drug-likeness (QED) is 0.171. The average Bonchev–Trinajstić information content (AvgIpc) is 3.29. The lowest BCUT2D eigenvalue weighted by molar-refractivity contribution is -0.142. The van der Waals surface area contributed by atoms with Gasteiger partial charge in [0, 0.05) is 30.0 Å². The number of aromatic nitrogens is 2. The molecule has 0 unspecified atom stereocenters. The van der Waals surface area contributed by atoms with E-state index in [0.717, 1.165) is 59.6 Å². The minimum absolute atomic E-state index is 0.235. The number of ether oxygens (including phenoxy) is 2. The van der Waals surface area contributed by atoms with Crippen LogP contribution >= 0.6 is 11.8 Å². The first kappa shape index (κ1) is 31.6. The predicted octanol–water partition coefficient (Wildman–Crippen LogP) is 7.05. The second-order valence-corrected chi connectivity index (χ2v) is 13.1. The Morgan fingerprint density at radius 2 is 1.67 bits per heavy atom. The monoisotopic (exact) mass is 593 g/mol. The lowest BCUT2D eigenvalue weighted by atomic mass is 9.82. The Balaban J connectivity index is 1.56. The number of thioether (sulfide) groups is 1. The lowest BCUT2D eigenvalue weighted by Crippen LogP contribution is -2.33. The molecule has 1 aliphatic carbocycles. The number of alkyl carbamates (subject to hydrolysis) is 1. The minimum atomic E-state index is -0.924. The summed E-state index contributed by atoms with van der Waals surface area (Å²) < 4.78 is 12.9. The van der Waals surface area contributed by atoms with Crippen LogP contribution in [0.5, 0.6) is 0 Å². The van der Waals surface area contributed by atoms with Gasteiger partial charge in [0.15, 0.2) is 0 Å². The Labute approximate surface area is 253 Å². The molecule has 1 heterocycles. The van der Waals surface area contributed by atoms with E-state index in [0.29, 0.717) is 30.7 Å². The molecular weight excluding hydrogens is 550 g/mol. The molecule has 0 bridgehead atoms. The number of amides is 1. The van der Waals surface area contributed by atoms with Crippen LogP contribution in [0.4, 0.5) is 4.79 Å². The van der Waals surface area contributed by atoms with E-state index < -0.39 is 17.7 Å². The summed E-state index contributed by atoms with van der Waals surface area (Å²) in [5.74, 6) is 0.613. The van der Waals surface area contributed by atoms with Gasteiger partial charge >= 0.3 is 12.1 Å². The van der Waals surface area contributed by atoms with Crippen LogP contribution in [-0.4, -0.2) is 58.1 Å². The van der Waals surface area contributed by atoms with Crippen molar-refractivity contribution in [1.29, 1.82) is 0 Å². The molecule has 0 aliphatic heterocycles. The van der Waals surface area contributed by atoms with Gasteiger partial charge in [-0.05, 0) is 70.8 Å². The van der Waals surface area contributed by atoms with E-state index in [1.165, 1.54) is 5.56 Å². The normalized spacial score (nSPS) is 17.1. The Bertz CT molecular complexity index is 1310. The molecule has 1 fully saturated rings. The number of carbonyl (C=O) groups excluding carboxylic acids is 1. The maximum absolute atomic E-state index is 12.2. The number of hydrogen-bond acceptors (Lipinski definition) is 6. The Kier molecular flexibility index (Phi) is 11.1. The summed E-state index contributed by atoms with van der Waals surface area (Å²) in [6.45, 7) is 9.20. The van der Waals surface area contributed by atoms with Crippen molar-refractivity contribution in [3.8, 4) is 22.4 Å². The zero-order chi connectivity index (χ0) is 30.1. The molecule has 3 aromatic rings. The molecule has 1 saturated carbocycles. The summed E-state index contributed by atoms with van der Waals surface area (Å²) in [4.78, 5) is 23.0. The SMILES string of the molecule is Cc1ccc(-c2nn(C[C@H]3CC[C@H](COCC(=O)O)CC3)c(SCCNC(=O)OC(C)(C)C)c2-c2ccccc2)cc1. The third kappa shape index (κ3) is 9.36. The van der Waals surface area contributed by atoms with Gasteiger partial charge in [0.05, 0.1) is 6.61 Å². The maximum Gasteiger partial charge on any atom is 0.407 e. The van der Waals surface area contributed by atoms with Crippen LogP contribution in [0.3, 0.4) is 0 Å². The number of benzene rings is 2. The van der Waals surface area contributed by atoms with Crippen molar-refractivity contribution in [1.82, 2.24) is 15.1 Å². The van der Waals surface area contributed by atoms with Crippen LogP contribution < -0.4 is 5.32 Å². The summed E-state index contributed by atoms with van der Waals surface area (Å²) in [6.07, 6.45) is 3.72. The van der Waals surface area contributed by atoms with E-state index in [9.17, 15) is 9.59 Å². The molecule has 2 aromatic carbocycles. The third-order valence-corrected chi connectivity index (χ3v) is 8.38. The Hall–Kier alpha value is -3.30. The van der Waals surface area contributed by atoms with Crippen molar-refractivity contribution < 1.29 is 24.2 Å². The number of aryl methyl sites for hydroxylation is 1. The van der Waals surface area contributed by atoms with Gasteiger partial charge in [0.1, 0.15) is 22.9 Å². The molecule has 4 rings (SSSR count). The molecule has 0 saturated heterocycles. The molecule has 8 nitrogen and oxygen atoms in total. The Morgan fingerprint density at radius 1 is 1.00 bits per heavy atom. The number of rotatable bonds is 12. The van der Waals surface area contributed by atoms with Gasteiger partial charge in [-0.2, -0.15) is 5.10 Å². The first-order valence-corrected chi connectivity index (χ1v) is 15.7. The van der Waals surface area contributed by atoms with Crippen molar-refractivity contribution in [2.45, 2.75) is 70.6 Å². The maximum atomic E-state index is 12.2. The number of carbonyl (C=O) groups is 2. The lowest BCUT2D eigenvalue weighted by Gasteiger charge is -2.28. The first-order chi connectivity index (χ1) is 20.1. The fourth-order valence-electron chi connectivity index (χ4n) is 5.25. The highest BCUT2D eigenvalue weighted by molar-refractivity contribution is 7.99. The summed E-state index contributed by atoms with van der Waals surface area (Å²) in [5.41, 5.74) is 4.91. The van der Waals surface area contributed by atoms with Gasteiger partial charge in [-0.3, -0.25) is 4.68 Å². The molecule has 0 spiro atoms. The molecule has 9 heteroatoms. The van der Waals surface area contributed by atoms with Crippen LogP contribution in [0.25, 0.3) is 22.4 Å². The van der Waals surface area contributed by atoms with E-state index in [4.69, 9.17) is 19.7 Å². The fraction of sp³-hybridized carbons (Fsp3) is 0.485. The van der Waals surface area contributed by atoms with E-state index in [-0.39, 0.29) is 6.61 Å². The molecule has 42 heavy (non-hydrogen) atoms. The summed E-state index contributed by atoms with van der Waals surface area (Å²) in [7, 11) is 0. The smallest absolute Gasteiger partial charge is 0.407 e. The van der Waals surface area contributed by atoms with E-state index in [1.54, 1.807) is 11.8 Å². The van der Waals surface area contributed by atoms with Gasteiger partial charge in [-0.1, -0.05) is 60.2 Å². The van der Waals surface area contributed by atoms with Crippen molar-refractivity contribution >= 4 is 23.8 Å². The number of nitrogens with one attached hydrogen (secondary N) is 1. The van der Waals surface area contributed by atoms with Gasteiger partial charge < -0.3 is 19.9 Å². The summed E-state index contributed by atoms with van der Waals surface area (Å²) in [5, 5.41) is 18.1. The van der Waals surface area contributed by atoms with E-state index in [1.807, 2.05) is 26.8 Å². The molecule has 226 valence electrons. The summed E-state index contributed by atoms with van der Waals surface area (Å²) in [6, 6.07) is 18.9. The van der Waals surface area contributed by atoms with Crippen molar-refractivity contribution in [3.63, 3.8) is 0 Å². The average molecular weight is 594 g/mol. The second kappa shape index (κ2) is 14.7. The van der Waals surface area contributed by atoms with Crippen LogP contribution in [0, 0.1) is 18.8 Å².